The van der Waals surface area contributed by atoms with E-state index in [0.29, 0.717) is 0 Å². The van der Waals surface area contributed by atoms with Gasteiger partial charge in [0.2, 0.25) is 0 Å². The quantitative estimate of drug-likeness (QED) is 0.154. The minimum absolute atomic E-state index is 0.00152. The van der Waals surface area contributed by atoms with Crippen LogP contribution in [0.5, 0.6) is 0 Å². The first-order valence-electron chi connectivity index (χ1n) is 23.0. The van der Waals surface area contributed by atoms with Gasteiger partial charge >= 0.3 is 0 Å². The largest absolute Gasteiger partial charge is 0.468 e. The molecule has 0 N–H and O–H groups in total. The molecule has 312 valence electrons. The normalized spacial score (nSPS) is 18.4. The first-order valence-corrected chi connectivity index (χ1v) is 23.0. The molecule has 0 amide bonds. The third-order valence-electron chi connectivity index (χ3n) is 15.3. The standard InChI is InChI=1S/C58H61BN2O/c1-34-17-24-50-42(27-34)52-53(62-50)59-45-32-43-44-33-47(45)61(49-31-39(56(8,9)10)30-48(51(49)59)60(52)40-21-18-36(19-22-40)54(2,3)4)46-23-20-37(55(5,6)7)29-41(46)35-15-14-16-38(28-35)58(44,13)26-25-57(43,11)12/h14-24,27-33H,25-26H2,1-13H3. The van der Waals surface area contributed by atoms with Gasteiger partial charge in [0, 0.05) is 39.1 Å². The predicted octanol–water partition coefficient (Wildman–Crippen LogP) is 14.1. The van der Waals surface area contributed by atoms with E-state index in [9.17, 15) is 0 Å². The fourth-order valence-corrected chi connectivity index (χ4v) is 11.3. The van der Waals surface area contributed by atoms with Crippen molar-refractivity contribution in [3.63, 3.8) is 0 Å². The van der Waals surface area contributed by atoms with E-state index >= 15 is 0 Å². The lowest BCUT2D eigenvalue weighted by Crippen LogP contribution is -2.61. The van der Waals surface area contributed by atoms with E-state index in [1.807, 2.05) is 0 Å². The highest BCUT2D eigenvalue weighted by Gasteiger charge is 2.50. The lowest BCUT2D eigenvalue weighted by Gasteiger charge is -2.48. The van der Waals surface area contributed by atoms with Gasteiger partial charge in [0.25, 0.3) is 6.71 Å². The second kappa shape index (κ2) is 12.6. The fraction of sp³-hybridized carbons (Fsp3) is 0.345. The van der Waals surface area contributed by atoms with Crippen LogP contribution in [-0.2, 0) is 27.1 Å². The van der Waals surface area contributed by atoms with Crippen molar-refractivity contribution >= 4 is 68.4 Å². The Morgan fingerprint density at radius 2 is 1.26 bits per heavy atom. The highest BCUT2D eigenvalue weighted by atomic mass is 16.3. The zero-order valence-electron chi connectivity index (χ0n) is 39.2. The Bertz CT molecular complexity index is 3030. The van der Waals surface area contributed by atoms with E-state index in [1.54, 1.807) is 0 Å². The van der Waals surface area contributed by atoms with Crippen molar-refractivity contribution < 1.29 is 4.42 Å². The number of hydrogen-bond donors (Lipinski definition) is 0. The Hall–Kier alpha value is -5.48. The number of fused-ring (bicyclic) bond motifs is 12. The molecule has 0 radical (unpaired) electrons. The molecule has 4 bridgehead atoms. The number of nitrogens with zero attached hydrogens (tertiary/aromatic N) is 2. The lowest BCUT2D eigenvalue weighted by atomic mass is 9.35. The first kappa shape index (κ1) is 39.4. The summed E-state index contributed by atoms with van der Waals surface area (Å²) < 4.78 is 7.34. The fourth-order valence-electron chi connectivity index (χ4n) is 11.3. The van der Waals surface area contributed by atoms with Crippen LogP contribution in [0.2, 0.25) is 0 Å². The zero-order valence-corrected chi connectivity index (χ0v) is 39.2. The molecule has 62 heavy (non-hydrogen) atoms. The summed E-state index contributed by atoms with van der Waals surface area (Å²) in [6.07, 6.45) is 2.21. The molecule has 1 aromatic heterocycles. The van der Waals surface area contributed by atoms with Crippen molar-refractivity contribution in [3.05, 3.63) is 148 Å². The Morgan fingerprint density at radius 1 is 0.581 bits per heavy atom. The van der Waals surface area contributed by atoms with Gasteiger partial charge in [-0.2, -0.15) is 0 Å². The van der Waals surface area contributed by atoms with Crippen molar-refractivity contribution in [2.75, 3.05) is 9.80 Å². The Balaban J connectivity index is 1.33. The summed E-state index contributed by atoms with van der Waals surface area (Å²) in [5, 5.41) is 1.16. The predicted molar refractivity (Wildman–Crippen MR) is 265 cm³/mol. The van der Waals surface area contributed by atoms with E-state index in [-0.39, 0.29) is 33.8 Å². The highest BCUT2D eigenvalue weighted by Crippen LogP contribution is 2.55. The van der Waals surface area contributed by atoms with Crippen LogP contribution in [0, 0.1) is 6.92 Å². The maximum Gasteiger partial charge on any atom is 0.297 e. The number of aryl methyl sites for hydroxylation is 1. The SMILES string of the molecule is Cc1ccc2oc3c(c2c1)N(c1ccc(C(C)(C)C)cc1)c1cc(C(C)(C)C)cc2c1B3c1cc3c4cc1N2c1ccc(C(C)(C)C)cc1-c1cccc(c1)C4(C)CCC3(C)C. The summed E-state index contributed by atoms with van der Waals surface area (Å²) in [4.78, 5) is 5.22. The molecule has 3 aliphatic heterocycles. The topological polar surface area (TPSA) is 19.6 Å². The molecule has 3 nitrogen and oxygen atoms in total. The first-order chi connectivity index (χ1) is 29.1. The van der Waals surface area contributed by atoms with E-state index < -0.39 is 0 Å². The van der Waals surface area contributed by atoms with Crippen LogP contribution < -0.4 is 26.4 Å². The molecule has 4 heteroatoms. The number of anilines is 6. The average Bonchev–Trinajstić information content (AvgIpc) is 3.58. The van der Waals surface area contributed by atoms with Crippen molar-refractivity contribution in [1.82, 2.24) is 0 Å². The second-order valence-electron chi connectivity index (χ2n) is 23.1. The van der Waals surface area contributed by atoms with Crippen LogP contribution in [0.3, 0.4) is 0 Å². The van der Waals surface area contributed by atoms with E-state index in [1.165, 1.54) is 83.7 Å². The molecular formula is C58H61BN2O. The van der Waals surface area contributed by atoms with Gasteiger partial charge in [0.15, 0.2) is 0 Å². The van der Waals surface area contributed by atoms with Gasteiger partial charge in [-0.25, -0.2) is 0 Å². The van der Waals surface area contributed by atoms with Gasteiger partial charge in [0.05, 0.1) is 17.0 Å². The van der Waals surface area contributed by atoms with Crippen LogP contribution in [0.25, 0.3) is 22.1 Å². The molecule has 1 aliphatic carbocycles. The third-order valence-corrected chi connectivity index (χ3v) is 15.3. The molecule has 1 unspecified atom stereocenters. The molecule has 6 aromatic carbocycles. The number of hydrogen-bond acceptors (Lipinski definition) is 3. The summed E-state index contributed by atoms with van der Waals surface area (Å²) in [5.74, 6) is 0. The van der Waals surface area contributed by atoms with Crippen LogP contribution in [0.4, 0.5) is 34.1 Å². The van der Waals surface area contributed by atoms with Gasteiger partial charge in [-0.1, -0.05) is 143 Å². The van der Waals surface area contributed by atoms with Gasteiger partial charge in [0.1, 0.15) is 5.58 Å². The van der Waals surface area contributed by atoms with Crippen molar-refractivity contribution in [2.24, 2.45) is 0 Å². The summed E-state index contributed by atoms with van der Waals surface area (Å²) in [5.41, 5.74) is 23.7. The molecular weight excluding hydrogens is 751 g/mol. The molecule has 11 rings (SSSR count). The summed E-state index contributed by atoms with van der Waals surface area (Å²) >= 11 is 0. The van der Waals surface area contributed by atoms with Crippen molar-refractivity contribution in [1.29, 1.82) is 0 Å². The van der Waals surface area contributed by atoms with Crippen LogP contribution >= 0.6 is 0 Å². The van der Waals surface area contributed by atoms with Crippen molar-refractivity contribution in [3.8, 4) is 11.1 Å². The number of benzene rings is 6. The Kier molecular flexibility index (Phi) is 7.99. The molecule has 1 atom stereocenters. The maximum absolute atomic E-state index is 7.34. The molecule has 4 aliphatic rings. The minimum Gasteiger partial charge on any atom is -0.468 e. The molecule has 0 saturated heterocycles. The minimum atomic E-state index is -0.149. The summed E-state index contributed by atoms with van der Waals surface area (Å²) in [6, 6.07) is 43.2. The molecule has 0 spiro atoms. The summed E-state index contributed by atoms with van der Waals surface area (Å²) in [6.45, 7) is 30.6. The van der Waals surface area contributed by atoms with Gasteiger partial charge < -0.3 is 14.2 Å². The third kappa shape index (κ3) is 5.57. The van der Waals surface area contributed by atoms with Gasteiger partial charge in [-0.15, -0.1) is 0 Å². The van der Waals surface area contributed by atoms with Crippen molar-refractivity contribution in [2.45, 2.75) is 130 Å². The molecule has 0 fully saturated rings. The van der Waals surface area contributed by atoms with E-state index in [2.05, 4.69) is 209 Å². The monoisotopic (exact) mass is 812 g/mol. The van der Waals surface area contributed by atoms with Crippen LogP contribution in [0.15, 0.2) is 114 Å². The van der Waals surface area contributed by atoms with Gasteiger partial charge in [-0.3, -0.25) is 0 Å². The lowest BCUT2D eigenvalue weighted by molar-refractivity contribution is 0.350. The number of rotatable bonds is 1. The van der Waals surface area contributed by atoms with E-state index in [0.717, 1.165) is 40.8 Å². The Morgan fingerprint density at radius 3 is 1.95 bits per heavy atom. The second-order valence-corrected chi connectivity index (χ2v) is 23.1. The van der Waals surface area contributed by atoms with Crippen LogP contribution in [-0.4, -0.2) is 6.71 Å². The number of furan rings is 1. The average molecular weight is 813 g/mol. The van der Waals surface area contributed by atoms with E-state index in [4.69, 9.17) is 4.42 Å². The van der Waals surface area contributed by atoms with Crippen LogP contribution in [0.1, 0.15) is 135 Å². The maximum atomic E-state index is 7.34. The van der Waals surface area contributed by atoms with Gasteiger partial charge in [-0.05, 0) is 146 Å². The molecule has 0 saturated carbocycles. The summed E-state index contributed by atoms with van der Waals surface area (Å²) in [7, 11) is 0. The zero-order chi connectivity index (χ0) is 43.6. The smallest absolute Gasteiger partial charge is 0.297 e. The molecule has 7 aromatic rings. The Labute approximate surface area is 370 Å². The highest BCUT2D eigenvalue weighted by molar-refractivity contribution is 7.00. The molecule has 4 heterocycles.